The molecule has 0 aliphatic heterocycles. The Bertz CT molecular complexity index is 2490. The second-order valence-corrected chi connectivity index (χ2v) is 12.1. The Morgan fingerprint density at radius 3 is 1.25 bits per heavy atom. The van der Waals surface area contributed by atoms with E-state index >= 15 is 0 Å². The van der Waals surface area contributed by atoms with E-state index in [1.54, 1.807) is 0 Å². The highest BCUT2D eigenvalue weighted by atomic mass is 14.9. The predicted molar refractivity (Wildman–Crippen MR) is 202 cm³/mol. The fraction of sp³-hybridized carbons (Fsp3) is 0. The average molecular weight is 611 g/mol. The summed E-state index contributed by atoms with van der Waals surface area (Å²) in [6.45, 7) is 0. The summed E-state index contributed by atoms with van der Waals surface area (Å²) in [7, 11) is 0. The van der Waals surface area contributed by atoms with Gasteiger partial charge in [-0.15, -0.1) is 0 Å². The van der Waals surface area contributed by atoms with E-state index < -0.39 is 0 Å². The molecule has 0 atom stereocenters. The zero-order valence-corrected chi connectivity index (χ0v) is 26.2. The molecule has 0 unspecified atom stereocenters. The van der Waals surface area contributed by atoms with Crippen LogP contribution in [-0.2, 0) is 0 Å². The Labute approximate surface area is 279 Å². The zero-order chi connectivity index (χ0) is 31.9. The lowest BCUT2D eigenvalue weighted by atomic mass is 9.84. The summed E-state index contributed by atoms with van der Waals surface area (Å²) < 4.78 is 0. The molecule has 8 aromatic carbocycles. The van der Waals surface area contributed by atoms with Gasteiger partial charge in [0, 0.05) is 22.3 Å². The van der Waals surface area contributed by atoms with Crippen molar-refractivity contribution in [3.8, 4) is 56.2 Å². The maximum absolute atomic E-state index is 5.30. The third-order valence-electron chi connectivity index (χ3n) is 9.29. The molecule has 0 bridgehead atoms. The lowest BCUT2D eigenvalue weighted by Gasteiger charge is -2.20. The molecule has 2 nitrogen and oxygen atoms in total. The van der Waals surface area contributed by atoms with Crippen molar-refractivity contribution >= 4 is 32.3 Å². The summed E-state index contributed by atoms with van der Waals surface area (Å²) in [5, 5.41) is 7.47. The summed E-state index contributed by atoms with van der Waals surface area (Å²) in [5.41, 5.74) is 9.49. The molecule has 0 aliphatic carbocycles. The third-order valence-corrected chi connectivity index (χ3v) is 9.29. The van der Waals surface area contributed by atoms with Gasteiger partial charge in [0.1, 0.15) is 0 Å². The van der Waals surface area contributed by atoms with Crippen LogP contribution in [0.4, 0.5) is 0 Å². The fourth-order valence-corrected chi connectivity index (χ4v) is 7.13. The van der Waals surface area contributed by atoms with Crippen molar-refractivity contribution in [1.29, 1.82) is 0 Å². The Morgan fingerprint density at radius 2 is 0.688 bits per heavy atom. The average Bonchev–Trinajstić information content (AvgIpc) is 3.18. The molecule has 1 aromatic heterocycles. The van der Waals surface area contributed by atoms with Crippen LogP contribution >= 0.6 is 0 Å². The highest BCUT2D eigenvalue weighted by molar-refractivity contribution is 6.29. The fourth-order valence-electron chi connectivity index (χ4n) is 7.13. The lowest BCUT2D eigenvalue weighted by molar-refractivity contribution is 1.18. The van der Waals surface area contributed by atoms with E-state index in [9.17, 15) is 0 Å². The summed E-state index contributed by atoms with van der Waals surface area (Å²) in [4.78, 5) is 10.6. The van der Waals surface area contributed by atoms with Crippen LogP contribution in [0.25, 0.3) is 88.5 Å². The minimum absolute atomic E-state index is 0.699. The van der Waals surface area contributed by atoms with Crippen molar-refractivity contribution < 1.29 is 0 Å². The van der Waals surface area contributed by atoms with Crippen LogP contribution in [0.3, 0.4) is 0 Å². The van der Waals surface area contributed by atoms with Crippen LogP contribution in [0.2, 0.25) is 0 Å². The van der Waals surface area contributed by atoms with E-state index in [0.29, 0.717) is 5.82 Å². The smallest absolute Gasteiger partial charge is 0.161 e. The van der Waals surface area contributed by atoms with Gasteiger partial charge in [0.05, 0.1) is 11.4 Å². The first-order valence-electron chi connectivity index (χ1n) is 16.3. The van der Waals surface area contributed by atoms with Crippen molar-refractivity contribution in [2.24, 2.45) is 0 Å². The molecule has 48 heavy (non-hydrogen) atoms. The number of aromatic nitrogens is 2. The molecule has 0 radical (unpaired) electrons. The maximum Gasteiger partial charge on any atom is 0.161 e. The molecule has 2 heteroatoms. The third kappa shape index (κ3) is 4.74. The van der Waals surface area contributed by atoms with E-state index in [0.717, 1.165) is 44.8 Å². The SMILES string of the molecule is c1ccc(-c2cc(-c3ccccc3)nc(-c3cccc(-c4ccccc4)c3-c3cccc4c5ccccc5c5ccccc5c34)n2)cc1. The first kappa shape index (κ1) is 27.9. The summed E-state index contributed by atoms with van der Waals surface area (Å²) in [6.07, 6.45) is 0. The summed E-state index contributed by atoms with van der Waals surface area (Å²) in [5.74, 6) is 0.699. The molecular formula is C46H30N2. The summed E-state index contributed by atoms with van der Waals surface area (Å²) in [6, 6.07) is 64.4. The Hall–Kier alpha value is -6.38. The van der Waals surface area contributed by atoms with Gasteiger partial charge in [0.2, 0.25) is 0 Å². The zero-order valence-electron chi connectivity index (χ0n) is 26.2. The van der Waals surface area contributed by atoms with Crippen LogP contribution in [0, 0.1) is 0 Å². The highest BCUT2D eigenvalue weighted by Gasteiger charge is 2.21. The van der Waals surface area contributed by atoms with Crippen LogP contribution in [0.1, 0.15) is 0 Å². The van der Waals surface area contributed by atoms with E-state index in [2.05, 4.69) is 170 Å². The number of fused-ring (bicyclic) bond motifs is 6. The topological polar surface area (TPSA) is 25.8 Å². The minimum Gasteiger partial charge on any atom is -0.228 e. The van der Waals surface area contributed by atoms with Crippen LogP contribution in [0.5, 0.6) is 0 Å². The van der Waals surface area contributed by atoms with Crippen molar-refractivity contribution in [1.82, 2.24) is 9.97 Å². The van der Waals surface area contributed by atoms with Crippen molar-refractivity contribution in [2.75, 3.05) is 0 Å². The quantitative estimate of drug-likeness (QED) is 0.181. The maximum atomic E-state index is 5.30. The lowest BCUT2D eigenvalue weighted by Crippen LogP contribution is -1.99. The summed E-state index contributed by atoms with van der Waals surface area (Å²) >= 11 is 0. The number of hydrogen-bond donors (Lipinski definition) is 0. The monoisotopic (exact) mass is 610 g/mol. The number of nitrogens with zero attached hydrogens (tertiary/aromatic N) is 2. The second kappa shape index (κ2) is 11.8. The largest absolute Gasteiger partial charge is 0.228 e. The molecule has 9 aromatic rings. The number of hydrogen-bond acceptors (Lipinski definition) is 2. The van der Waals surface area contributed by atoms with Gasteiger partial charge in [0.25, 0.3) is 0 Å². The van der Waals surface area contributed by atoms with Crippen LogP contribution in [-0.4, -0.2) is 9.97 Å². The predicted octanol–water partition coefficient (Wildman–Crippen LogP) is 12.3. The van der Waals surface area contributed by atoms with Crippen molar-refractivity contribution in [2.45, 2.75) is 0 Å². The van der Waals surface area contributed by atoms with Gasteiger partial charge in [-0.25, -0.2) is 9.97 Å². The van der Waals surface area contributed by atoms with Crippen LogP contribution < -0.4 is 0 Å². The first-order valence-corrected chi connectivity index (χ1v) is 16.3. The van der Waals surface area contributed by atoms with Gasteiger partial charge in [-0.05, 0) is 55.1 Å². The Balaban J connectivity index is 1.42. The number of benzene rings is 8. The molecule has 0 saturated carbocycles. The molecule has 0 N–H and O–H groups in total. The molecule has 224 valence electrons. The van der Waals surface area contributed by atoms with Gasteiger partial charge in [-0.3, -0.25) is 0 Å². The van der Waals surface area contributed by atoms with Gasteiger partial charge in [-0.1, -0.05) is 176 Å². The van der Waals surface area contributed by atoms with Gasteiger partial charge in [0.15, 0.2) is 5.82 Å². The molecule has 1 heterocycles. The molecule has 0 amide bonds. The van der Waals surface area contributed by atoms with E-state index in [-0.39, 0.29) is 0 Å². The van der Waals surface area contributed by atoms with Crippen LogP contribution in [0.15, 0.2) is 182 Å². The van der Waals surface area contributed by atoms with Crippen molar-refractivity contribution in [3.05, 3.63) is 182 Å². The van der Waals surface area contributed by atoms with Gasteiger partial charge in [-0.2, -0.15) is 0 Å². The number of rotatable bonds is 5. The highest BCUT2D eigenvalue weighted by Crippen LogP contribution is 2.46. The molecule has 0 aliphatic rings. The van der Waals surface area contributed by atoms with Crippen molar-refractivity contribution in [3.63, 3.8) is 0 Å². The van der Waals surface area contributed by atoms with E-state index in [1.165, 1.54) is 37.9 Å². The Morgan fingerprint density at radius 1 is 0.292 bits per heavy atom. The van der Waals surface area contributed by atoms with E-state index in [1.807, 2.05) is 12.1 Å². The standard InChI is InChI=1S/C46H30N2/c1-4-16-31(17-5-1)34-26-14-29-41(46-47-42(32-18-6-2-7-19-32)30-43(48-46)33-20-8-3-9-21-33)44(34)40-28-15-27-39-37-23-11-10-22-35(37)36-24-12-13-25-38(36)45(39)40/h1-30H. The second-order valence-electron chi connectivity index (χ2n) is 12.1. The molecule has 0 saturated heterocycles. The Kier molecular flexibility index (Phi) is 6.84. The molecule has 9 rings (SSSR count). The van der Waals surface area contributed by atoms with Gasteiger partial charge < -0.3 is 0 Å². The van der Waals surface area contributed by atoms with Gasteiger partial charge >= 0.3 is 0 Å². The molecular weight excluding hydrogens is 581 g/mol. The molecule has 0 spiro atoms. The normalized spacial score (nSPS) is 11.3. The van der Waals surface area contributed by atoms with E-state index in [4.69, 9.17) is 9.97 Å². The molecule has 0 fully saturated rings. The minimum atomic E-state index is 0.699. The first-order chi connectivity index (χ1) is 23.8.